The van der Waals surface area contributed by atoms with Gasteiger partial charge in [-0.05, 0) is 26.1 Å². The Hall–Kier alpha value is -2.38. The van der Waals surface area contributed by atoms with Gasteiger partial charge in [-0.25, -0.2) is 4.98 Å². The van der Waals surface area contributed by atoms with Crippen LogP contribution in [-0.2, 0) is 6.54 Å². The zero-order chi connectivity index (χ0) is 16.5. The molecule has 1 saturated heterocycles. The SMILES string of the molecule is Cc1noc(C2CN(Cc3cnc4ccccc4n3)CCN2C)n1. The van der Waals surface area contributed by atoms with Crippen molar-refractivity contribution < 1.29 is 4.52 Å². The fourth-order valence-electron chi connectivity index (χ4n) is 3.09. The van der Waals surface area contributed by atoms with E-state index < -0.39 is 0 Å². The highest BCUT2D eigenvalue weighted by atomic mass is 16.5. The minimum Gasteiger partial charge on any atom is -0.338 e. The molecule has 7 nitrogen and oxygen atoms in total. The first-order valence-corrected chi connectivity index (χ1v) is 8.12. The van der Waals surface area contributed by atoms with Crippen LogP contribution in [0.2, 0.25) is 0 Å². The quantitative estimate of drug-likeness (QED) is 0.727. The van der Waals surface area contributed by atoms with Crippen LogP contribution in [0, 0.1) is 6.92 Å². The standard InChI is InChI=1S/C17H20N6O/c1-12-19-17(24-21-12)16-11-23(8-7-22(16)2)10-13-9-18-14-5-3-4-6-15(14)20-13/h3-6,9,16H,7-8,10-11H2,1-2H3. The van der Waals surface area contributed by atoms with Gasteiger partial charge in [0.1, 0.15) is 6.04 Å². The van der Waals surface area contributed by atoms with Gasteiger partial charge < -0.3 is 4.52 Å². The van der Waals surface area contributed by atoms with Gasteiger partial charge in [-0.3, -0.25) is 14.8 Å². The molecule has 1 unspecified atom stereocenters. The molecule has 1 aromatic carbocycles. The molecule has 0 amide bonds. The van der Waals surface area contributed by atoms with E-state index in [-0.39, 0.29) is 6.04 Å². The molecule has 0 radical (unpaired) electrons. The lowest BCUT2D eigenvalue weighted by Gasteiger charge is -2.37. The predicted octanol–water partition coefficient (Wildman–Crippen LogP) is 1.81. The first kappa shape index (κ1) is 15.2. The minimum atomic E-state index is 0.119. The Morgan fingerprint density at radius 3 is 2.79 bits per heavy atom. The van der Waals surface area contributed by atoms with Crippen LogP contribution >= 0.6 is 0 Å². The van der Waals surface area contributed by atoms with Gasteiger partial charge in [0.2, 0.25) is 5.89 Å². The van der Waals surface area contributed by atoms with Crippen molar-refractivity contribution in [1.82, 2.24) is 29.9 Å². The summed E-state index contributed by atoms with van der Waals surface area (Å²) in [6.45, 7) is 5.39. The molecule has 0 spiro atoms. The van der Waals surface area contributed by atoms with Gasteiger partial charge in [-0.15, -0.1) is 0 Å². The molecule has 124 valence electrons. The molecule has 0 bridgehead atoms. The number of piperazine rings is 1. The third-order valence-corrected chi connectivity index (χ3v) is 4.44. The molecule has 2 aromatic heterocycles. The monoisotopic (exact) mass is 324 g/mol. The van der Waals surface area contributed by atoms with Gasteiger partial charge in [0, 0.05) is 26.2 Å². The summed E-state index contributed by atoms with van der Waals surface area (Å²) in [5.74, 6) is 1.36. The third-order valence-electron chi connectivity index (χ3n) is 4.44. The topological polar surface area (TPSA) is 71.2 Å². The summed E-state index contributed by atoms with van der Waals surface area (Å²) in [5.41, 5.74) is 2.85. The zero-order valence-corrected chi connectivity index (χ0v) is 13.9. The number of hydrogen-bond acceptors (Lipinski definition) is 7. The summed E-state index contributed by atoms with van der Waals surface area (Å²) in [5, 5.41) is 3.92. The van der Waals surface area contributed by atoms with Gasteiger partial charge in [0.25, 0.3) is 0 Å². The normalized spacial score (nSPS) is 19.8. The summed E-state index contributed by atoms with van der Waals surface area (Å²) in [6, 6.07) is 8.07. The predicted molar refractivity (Wildman–Crippen MR) is 89.2 cm³/mol. The average molecular weight is 324 g/mol. The highest BCUT2D eigenvalue weighted by Crippen LogP contribution is 2.23. The lowest BCUT2D eigenvalue weighted by molar-refractivity contribution is 0.0707. The highest BCUT2D eigenvalue weighted by molar-refractivity contribution is 5.73. The lowest BCUT2D eigenvalue weighted by atomic mass is 10.1. The maximum absolute atomic E-state index is 5.37. The molecular weight excluding hydrogens is 304 g/mol. The van der Waals surface area contributed by atoms with Gasteiger partial charge in [0.15, 0.2) is 5.82 Å². The summed E-state index contributed by atoms with van der Waals surface area (Å²) < 4.78 is 5.37. The Kier molecular flexibility index (Phi) is 3.95. The number of aryl methyl sites for hydroxylation is 1. The maximum atomic E-state index is 5.37. The Labute approximate surface area is 140 Å². The van der Waals surface area contributed by atoms with E-state index in [9.17, 15) is 0 Å². The molecule has 4 rings (SSSR count). The fraction of sp³-hybridized carbons (Fsp3) is 0.412. The van der Waals surface area contributed by atoms with Gasteiger partial charge in [0.05, 0.1) is 22.9 Å². The van der Waals surface area contributed by atoms with E-state index in [1.165, 1.54) is 0 Å². The van der Waals surface area contributed by atoms with Crippen molar-refractivity contribution in [3.8, 4) is 0 Å². The van der Waals surface area contributed by atoms with Gasteiger partial charge in [-0.1, -0.05) is 17.3 Å². The van der Waals surface area contributed by atoms with E-state index in [0.29, 0.717) is 11.7 Å². The second-order valence-electron chi connectivity index (χ2n) is 6.26. The molecule has 1 fully saturated rings. The molecule has 24 heavy (non-hydrogen) atoms. The summed E-state index contributed by atoms with van der Waals surface area (Å²) in [7, 11) is 2.09. The van der Waals surface area contributed by atoms with Crippen LogP contribution in [-0.4, -0.2) is 56.6 Å². The number of likely N-dealkylation sites (N-methyl/N-ethyl adjacent to an activating group) is 1. The largest absolute Gasteiger partial charge is 0.338 e. The highest BCUT2D eigenvalue weighted by Gasteiger charge is 2.30. The van der Waals surface area contributed by atoms with Crippen molar-refractivity contribution >= 4 is 11.0 Å². The number of aromatic nitrogens is 4. The Balaban J connectivity index is 1.51. The van der Waals surface area contributed by atoms with E-state index in [4.69, 9.17) is 9.51 Å². The average Bonchev–Trinajstić information content (AvgIpc) is 3.03. The molecule has 0 saturated carbocycles. The molecule has 0 aliphatic carbocycles. The molecule has 3 aromatic rings. The third kappa shape index (κ3) is 3.00. The smallest absolute Gasteiger partial charge is 0.245 e. The number of rotatable bonds is 3. The Morgan fingerprint density at radius 1 is 1.17 bits per heavy atom. The van der Waals surface area contributed by atoms with E-state index in [2.05, 4.69) is 32.0 Å². The van der Waals surface area contributed by atoms with Crippen molar-refractivity contribution in [2.75, 3.05) is 26.7 Å². The van der Waals surface area contributed by atoms with Gasteiger partial charge in [-0.2, -0.15) is 4.98 Å². The molecule has 7 heteroatoms. The molecular formula is C17H20N6O. The number of benzene rings is 1. The number of fused-ring (bicyclic) bond motifs is 1. The van der Waals surface area contributed by atoms with Crippen molar-refractivity contribution in [2.24, 2.45) is 0 Å². The van der Waals surface area contributed by atoms with E-state index >= 15 is 0 Å². The van der Waals surface area contributed by atoms with Crippen LogP contribution in [0.4, 0.5) is 0 Å². The number of nitrogens with zero attached hydrogens (tertiary/aromatic N) is 6. The van der Waals surface area contributed by atoms with Crippen LogP contribution in [0.1, 0.15) is 23.5 Å². The van der Waals surface area contributed by atoms with Crippen molar-refractivity contribution in [1.29, 1.82) is 0 Å². The summed E-state index contributed by atoms with van der Waals surface area (Å²) in [4.78, 5) is 18.2. The molecule has 3 heterocycles. The first-order valence-electron chi connectivity index (χ1n) is 8.12. The second kappa shape index (κ2) is 6.26. The fourth-order valence-corrected chi connectivity index (χ4v) is 3.09. The molecule has 1 aliphatic heterocycles. The van der Waals surface area contributed by atoms with Crippen molar-refractivity contribution in [3.05, 3.63) is 47.9 Å². The number of para-hydroxylation sites is 2. The first-order chi connectivity index (χ1) is 11.7. The van der Waals surface area contributed by atoms with Crippen LogP contribution in [0.3, 0.4) is 0 Å². The maximum Gasteiger partial charge on any atom is 0.245 e. The molecule has 1 atom stereocenters. The molecule has 0 N–H and O–H groups in total. The van der Waals surface area contributed by atoms with E-state index in [0.717, 1.165) is 42.9 Å². The Morgan fingerprint density at radius 2 is 2.00 bits per heavy atom. The van der Waals surface area contributed by atoms with Crippen LogP contribution in [0.25, 0.3) is 11.0 Å². The van der Waals surface area contributed by atoms with Crippen molar-refractivity contribution in [2.45, 2.75) is 19.5 Å². The Bertz CT molecular complexity index is 848. The molecule has 1 aliphatic rings. The van der Waals surface area contributed by atoms with Crippen molar-refractivity contribution in [3.63, 3.8) is 0 Å². The van der Waals surface area contributed by atoms with E-state index in [1.54, 1.807) is 0 Å². The second-order valence-corrected chi connectivity index (χ2v) is 6.26. The zero-order valence-electron chi connectivity index (χ0n) is 13.9. The number of hydrogen-bond donors (Lipinski definition) is 0. The van der Waals surface area contributed by atoms with E-state index in [1.807, 2.05) is 37.4 Å². The summed E-state index contributed by atoms with van der Waals surface area (Å²) in [6.07, 6.45) is 1.87. The van der Waals surface area contributed by atoms with Gasteiger partial charge >= 0.3 is 0 Å². The van der Waals surface area contributed by atoms with Crippen LogP contribution in [0.5, 0.6) is 0 Å². The summed E-state index contributed by atoms with van der Waals surface area (Å²) >= 11 is 0. The van der Waals surface area contributed by atoms with Crippen LogP contribution in [0.15, 0.2) is 35.0 Å². The van der Waals surface area contributed by atoms with Crippen LogP contribution < -0.4 is 0 Å². The minimum absolute atomic E-state index is 0.119. The lowest BCUT2D eigenvalue weighted by Crippen LogP contribution is -2.46.